The quantitative estimate of drug-likeness (QED) is 0.907. The zero-order valence-electron chi connectivity index (χ0n) is 12.2. The molecule has 0 aliphatic carbocycles. The van der Waals surface area contributed by atoms with Crippen LogP contribution in [0.1, 0.15) is 37.2 Å². The fraction of sp³-hybridized carbons (Fsp3) is 0.400. The number of aromatic nitrogens is 2. The second-order valence-electron chi connectivity index (χ2n) is 5.24. The van der Waals surface area contributed by atoms with E-state index in [1.165, 1.54) is 12.1 Å². The van der Waals surface area contributed by atoms with E-state index in [0.29, 0.717) is 17.0 Å². The first-order chi connectivity index (χ1) is 9.92. The summed E-state index contributed by atoms with van der Waals surface area (Å²) >= 11 is 6.22. The van der Waals surface area contributed by atoms with Crippen molar-refractivity contribution < 1.29 is 8.78 Å². The first kappa shape index (κ1) is 15.9. The molecule has 0 radical (unpaired) electrons. The summed E-state index contributed by atoms with van der Waals surface area (Å²) < 4.78 is 28.4. The Morgan fingerprint density at radius 2 is 1.86 bits per heavy atom. The number of hydrogen-bond acceptors (Lipinski definition) is 2. The summed E-state index contributed by atoms with van der Waals surface area (Å²) in [4.78, 5) is 0. The maximum Gasteiger partial charge on any atom is 0.126 e. The van der Waals surface area contributed by atoms with Crippen molar-refractivity contribution in [1.29, 1.82) is 0 Å². The molecule has 0 saturated carbocycles. The molecular weight excluding hydrogens is 296 g/mol. The summed E-state index contributed by atoms with van der Waals surface area (Å²) in [7, 11) is 1.79. The zero-order valence-corrected chi connectivity index (χ0v) is 13.0. The van der Waals surface area contributed by atoms with Crippen molar-refractivity contribution in [2.24, 2.45) is 0 Å². The van der Waals surface area contributed by atoms with Crippen molar-refractivity contribution in [2.75, 3.05) is 7.05 Å². The van der Waals surface area contributed by atoms with Crippen molar-refractivity contribution >= 4 is 11.6 Å². The van der Waals surface area contributed by atoms with Gasteiger partial charge in [-0.3, -0.25) is 4.68 Å². The standard InChI is InChI=1S/C15H18ClF2N3/c1-9(2)21-15(13(16)8-20-21)14(19-3)6-10-4-11(17)7-12(18)5-10/h4-5,7-9,14,19H,6H2,1-3H3. The molecule has 0 spiro atoms. The molecule has 0 bridgehead atoms. The number of hydrogen-bond donors (Lipinski definition) is 1. The van der Waals surface area contributed by atoms with Gasteiger partial charge in [0.25, 0.3) is 0 Å². The van der Waals surface area contributed by atoms with Gasteiger partial charge in [-0.25, -0.2) is 8.78 Å². The smallest absolute Gasteiger partial charge is 0.126 e. The average molecular weight is 314 g/mol. The Hall–Kier alpha value is -1.46. The van der Waals surface area contributed by atoms with E-state index in [4.69, 9.17) is 11.6 Å². The van der Waals surface area contributed by atoms with Gasteiger partial charge in [0.05, 0.1) is 23.0 Å². The van der Waals surface area contributed by atoms with Crippen LogP contribution in [-0.4, -0.2) is 16.8 Å². The summed E-state index contributed by atoms with van der Waals surface area (Å²) in [6, 6.07) is 3.49. The number of benzene rings is 1. The Morgan fingerprint density at radius 1 is 1.24 bits per heavy atom. The third-order valence-corrected chi connectivity index (χ3v) is 3.61. The summed E-state index contributed by atoms with van der Waals surface area (Å²) in [5.74, 6) is -1.16. The lowest BCUT2D eigenvalue weighted by atomic mass is 10.0. The van der Waals surface area contributed by atoms with Crippen LogP contribution < -0.4 is 5.32 Å². The largest absolute Gasteiger partial charge is 0.311 e. The topological polar surface area (TPSA) is 29.9 Å². The van der Waals surface area contributed by atoms with Crippen LogP contribution in [0.25, 0.3) is 0 Å². The van der Waals surface area contributed by atoms with Crippen molar-refractivity contribution in [2.45, 2.75) is 32.4 Å². The summed E-state index contributed by atoms with van der Waals surface area (Å²) in [5.41, 5.74) is 1.39. The maximum atomic E-state index is 13.3. The molecule has 21 heavy (non-hydrogen) atoms. The van der Waals surface area contributed by atoms with Crippen molar-refractivity contribution in [1.82, 2.24) is 15.1 Å². The van der Waals surface area contributed by atoms with Gasteiger partial charge in [-0.1, -0.05) is 11.6 Å². The van der Waals surface area contributed by atoms with Crippen LogP contribution in [0.5, 0.6) is 0 Å². The van der Waals surface area contributed by atoms with Gasteiger partial charge in [0, 0.05) is 12.1 Å². The Kier molecular flexibility index (Phi) is 4.96. The van der Waals surface area contributed by atoms with Gasteiger partial charge in [-0.15, -0.1) is 0 Å². The van der Waals surface area contributed by atoms with Crippen LogP contribution in [0.15, 0.2) is 24.4 Å². The molecule has 0 amide bonds. The number of nitrogens with zero attached hydrogens (tertiary/aromatic N) is 2. The molecule has 3 nitrogen and oxygen atoms in total. The van der Waals surface area contributed by atoms with Gasteiger partial charge < -0.3 is 5.32 Å². The SMILES string of the molecule is CNC(Cc1cc(F)cc(F)c1)c1c(Cl)cnn1C(C)C. The van der Waals surface area contributed by atoms with E-state index >= 15 is 0 Å². The molecule has 114 valence electrons. The van der Waals surface area contributed by atoms with Crippen molar-refractivity contribution in [3.63, 3.8) is 0 Å². The van der Waals surface area contributed by atoms with Crippen molar-refractivity contribution in [3.05, 3.63) is 52.3 Å². The third kappa shape index (κ3) is 3.60. The molecular formula is C15H18ClF2N3. The van der Waals surface area contributed by atoms with Crippen molar-refractivity contribution in [3.8, 4) is 0 Å². The summed E-state index contributed by atoms with van der Waals surface area (Å²) in [6.07, 6.45) is 2.01. The Morgan fingerprint density at radius 3 is 2.38 bits per heavy atom. The molecule has 1 heterocycles. The van der Waals surface area contributed by atoms with Crippen LogP contribution in [0.2, 0.25) is 5.02 Å². The minimum absolute atomic E-state index is 0.146. The minimum Gasteiger partial charge on any atom is -0.311 e. The number of halogens is 3. The second-order valence-corrected chi connectivity index (χ2v) is 5.65. The van der Waals surface area contributed by atoms with E-state index in [2.05, 4.69) is 10.4 Å². The Labute approximate surface area is 127 Å². The lowest BCUT2D eigenvalue weighted by Gasteiger charge is -2.20. The van der Waals surface area contributed by atoms with Crippen LogP contribution in [-0.2, 0) is 6.42 Å². The van der Waals surface area contributed by atoms with E-state index in [-0.39, 0.29) is 12.1 Å². The molecule has 6 heteroatoms. The van der Waals surface area contributed by atoms with Gasteiger partial charge in [-0.05, 0) is 45.0 Å². The highest BCUT2D eigenvalue weighted by molar-refractivity contribution is 6.31. The van der Waals surface area contributed by atoms with E-state index in [0.717, 1.165) is 11.8 Å². The minimum atomic E-state index is -0.580. The van der Waals surface area contributed by atoms with Gasteiger partial charge in [0.1, 0.15) is 11.6 Å². The molecule has 1 aromatic heterocycles. The summed E-state index contributed by atoms with van der Waals surface area (Å²) in [5, 5.41) is 7.94. The van der Waals surface area contributed by atoms with E-state index < -0.39 is 11.6 Å². The molecule has 1 N–H and O–H groups in total. The molecule has 0 fully saturated rings. The predicted octanol–water partition coefficient (Wildman–Crippen LogP) is 3.90. The lowest BCUT2D eigenvalue weighted by molar-refractivity contribution is 0.459. The molecule has 0 aliphatic heterocycles. The van der Waals surface area contributed by atoms with Crippen LogP contribution in [0, 0.1) is 11.6 Å². The fourth-order valence-corrected chi connectivity index (χ4v) is 2.65. The van der Waals surface area contributed by atoms with Gasteiger partial charge in [0.2, 0.25) is 0 Å². The average Bonchev–Trinajstić information content (AvgIpc) is 2.77. The van der Waals surface area contributed by atoms with Crippen LogP contribution in [0.4, 0.5) is 8.78 Å². The fourth-order valence-electron chi connectivity index (χ4n) is 2.39. The lowest BCUT2D eigenvalue weighted by Crippen LogP contribution is -2.23. The predicted molar refractivity (Wildman–Crippen MR) is 79.5 cm³/mol. The molecule has 0 aliphatic rings. The number of likely N-dealkylation sites (N-methyl/N-ethyl adjacent to an activating group) is 1. The van der Waals surface area contributed by atoms with Crippen LogP contribution >= 0.6 is 11.6 Å². The monoisotopic (exact) mass is 313 g/mol. The molecule has 0 saturated heterocycles. The Bertz CT molecular complexity index is 605. The van der Waals surface area contributed by atoms with Gasteiger partial charge in [-0.2, -0.15) is 5.10 Å². The third-order valence-electron chi connectivity index (χ3n) is 3.32. The molecule has 1 aromatic carbocycles. The highest BCUT2D eigenvalue weighted by Crippen LogP contribution is 2.28. The zero-order chi connectivity index (χ0) is 15.6. The second kappa shape index (κ2) is 6.54. The maximum absolute atomic E-state index is 13.3. The molecule has 1 atom stereocenters. The van der Waals surface area contributed by atoms with Gasteiger partial charge in [0.15, 0.2) is 0 Å². The molecule has 2 rings (SSSR count). The van der Waals surface area contributed by atoms with Crippen LogP contribution in [0.3, 0.4) is 0 Å². The number of nitrogens with one attached hydrogen (secondary N) is 1. The normalized spacial score (nSPS) is 12.9. The molecule has 2 aromatic rings. The first-order valence-corrected chi connectivity index (χ1v) is 7.15. The first-order valence-electron chi connectivity index (χ1n) is 6.77. The van der Waals surface area contributed by atoms with E-state index in [9.17, 15) is 8.78 Å². The highest BCUT2D eigenvalue weighted by Gasteiger charge is 2.21. The summed E-state index contributed by atoms with van der Waals surface area (Å²) in [6.45, 7) is 4.00. The number of rotatable bonds is 5. The Balaban J connectivity index is 2.34. The van der Waals surface area contributed by atoms with E-state index in [1.807, 2.05) is 18.5 Å². The van der Waals surface area contributed by atoms with Gasteiger partial charge >= 0.3 is 0 Å². The molecule has 1 unspecified atom stereocenters. The van der Waals surface area contributed by atoms with E-state index in [1.54, 1.807) is 13.2 Å². The highest BCUT2D eigenvalue weighted by atomic mass is 35.5.